The molecule has 0 saturated carbocycles. The molecule has 4 nitrogen and oxygen atoms in total. The zero-order chi connectivity index (χ0) is 17.1. The van der Waals surface area contributed by atoms with Crippen LogP contribution in [0.2, 0.25) is 0 Å². The molecule has 2 aromatic rings. The Morgan fingerprint density at radius 1 is 1.08 bits per heavy atom. The summed E-state index contributed by atoms with van der Waals surface area (Å²) in [5.74, 6) is 1.33. The number of benzene rings is 2. The topological polar surface area (TPSA) is 47.6 Å². The molecule has 0 aliphatic carbocycles. The van der Waals surface area contributed by atoms with Gasteiger partial charge in [0.1, 0.15) is 0 Å². The maximum absolute atomic E-state index is 12.4. The summed E-state index contributed by atoms with van der Waals surface area (Å²) in [5, 5.41) is 3.01. The minimum Gasteiger partial charge on any atom is -0.490 e. The van der Waals surface area contributed by atoms with Gasteiger partial charge >= 0.3 is 0 Å². The standard InChI is InChI=1S/C18H17Br2NO3/c1-11(21-18(22)12-3-5-13(19)6-4-12)14-9-16-17(10-15(14)20)24-8-2-7-23-16/h3-6,9-11H,2,7-8H2,1H3,(H,21,22). The van der Waals surface area contributed by atoms with Crippen LogP contribution in [0.1, 0.15) is 35.3 Å². The first kappa shape index (κ1) is 17.3. The Kier molecular flexibility index (Phi) is 5.46. The van der Waals surface area contributed by atoms with Gasteiger partial charge in [-0.1, -0.05) is 31.9 Å². The number of ether oxygens (including phenoxy) is 2. The van der Waals surface area contributed by atoms with E-state index in [0.717, 1.165) is 32.4 Å². The van der Waals surface area contributed by atoms with Crippen LogP contribution >= 0.6 is 31.9 Å². The summed E-state index contributed by atoms with van der Waals surface area (Å²) in [4.78, 5) is 12.4. The van der Waals surface area contributed by atoms with Crippen molar-refractivity contribution < 1.29 is 14.3 Å². The summed E-state index contributed by atoms with van der Waals surface area (Å²) >= 11 is 6.93. The fourth-order valence-electron chi connectivity index (χ4n) is 2.49. The van der Waals surface area contributed by atoms with Crippen LogP contribution in [0.5, 0.6) is 11.5 Å². The summed E-state index contributed by atoms with van der Waals surface area (Å²) in [5.41, 5.74) is 1.57. The van der Waals surface area contributed by atoms with Crippen LogP contribution in [0.15, 0.2) is 45.3 Å². The highest BCUT2D eigenvalue weighted by Gasteiger charge is 2.19. The highest BCUT2D eigenvalue weighted by molar-refractivity contribution is 9.10. The monoisotopic (exact) mass is 453 g/mol. The number of carbonyl (C=O) groups excluding carboxylic acids is 1. The number of hydrogen-bond donors (Lipinski definition) is 1. The van der Waals surface area contributed by atoms with Gasteiger partial charge in [-0.3, -0.25) is 4.79 Å². The van der Waals surface area contributed by atoms with Crippen molar-refractivity contribution >= 4 is 37.8 Å². The summed E-state index contributed by atoms with van der Waals surface area (Å²) in [6.45, 7) is 3.23. The van der Waals surface area contributed by atoms with Gasteiger partial charge in [-0.2, -0.15) is 0 Å². The molecule has 1 atom stereocenters. The lowest BCUT2D eigenvalue weighted by Crippen LogP contribution is -2.26. The molecule has 0 aromatic heterocycles. The van der Waals surface area contributed by atoms with E-state index in [9.17, 15) is 4.79 Å². The van der Waals surface area contributed by atoms with E-state index < -0.39 is 0 Å². The van der Waals surface area contributed by atoms with Crippen LogP contribution in [-0.4, -0.2) is 19.1 Å². The van der Waals surface area contributed by atoms with Crippen molar-refractivity contribution in [3.63, 3.8) is 0 Å². The van der Waals surface area contributed by atoms with E-state index >= 15 is 0 Å². The highest BCUT2D eigenvalue weighted by Crippen LogP contribution is 2.37. The molecule has 0 radical (unpaired) electrons. The molecule has 0 bridgehead atoms. The van der Waals surface area contributed by atoms with Gasteiger partial charge in [0.05, 0.1) is 19.3 Å². The molecule has 0 saturated heterocycles. The number of carbonyl (C=O) groups is 1. The fourth-order valence-corrected chi connectivity index (χ4v) is 3.42. The molecule has 0 fully saturated rings. The molecule has 2 aromatic carbocycles. The second kappa shape index (κ2) is 7.57. The molecular weight excluding hydrogens is 438 g/mol. The van der Waals surface area contributed by atoms with Crippen molar-refractivity contribution in [3.8, 4) is 11.5 Å². The number of hydrogen-bond acceptors (Lipinski definition) is 3. The maximum Gasteiger partial charge on any atom is 0.251 e. The molecule has 1 N–H and O–H groups in total. The molecule has 6 heteroatoms. The van der Waals surface area contributed by atoms with Gasteiger partial charge in [0.2, 0.25) is 0 Å². The van der Waals surface area contributed by atoms with Gasteiger partial charge in [-0.15, -0.1) is 0 Å². The Morgan fingerprint density at radius 3 is 2.38 bits per heavy atom. The first-order valence-electron chi connectivity index (χ1n) is 7.70. The Balaban J connectivity index is 1.79. The summed E-state index contributed by atoms with van der Waals surface area (Å²) < 4.78 is 13.2. The predicted octanol–water partition coefficient (Wildman–Crippen LogP) is 4.86. The van der Waals surface area contributed by atoms with Crippen LogP contribution in [-0.2, 0) is 0 Å². The van der Waals surface area contributed by atoms with E-state index in [0.29, 0.717) is 18.8 Å². The summed E-state index contributed by atoms with van der Waals surface area (Å²) in [7, 11) is 0. The first-order valence-corrected chi connectivity index (χ1v) is 9.28. The summed E-state index contributed by atoms with van der Waals surface area (Å²) in [6, 6.07) is 10.9. The van der Waals surface area contributed by atoms with Crippen molar-refractivity contribution in [2.75, 3.05) is 13.2 Å². The van der Waals surface area contributed by atoms with E-state index in [-0.39, 0.29) is 11.9 Å². The van der Waals surface area contributed by atoms with E-state index in [1.54, 1.807) is 12.1 Å². The molecule has 1 amide bonds. The molecule has 1 unspecified atom stereocenters. The fraction of sp³-hybridized carbons (Fsp3) is 0.278. The van der Waals surface area contributed by atoms with Gasteiger partial charge in [-0.05, 0) is 48.9 Å². The maximum atomic E-state index is 12.4. The highest BCUT2D eigenvalue weighted by atomic mass is 79.9. The average Bonchev–Trinajstić information content (AvgIpc) is 2.79. The van der Waals surface area contributed by atoms with E-state index in [2.05, 4.69) is 37.2 Å². The Bertz CT molecular complexity index is 747. The molecule has 126 valence electrons. The number of amides is 1. The second-order valence-corrected chi connectivity index (χ2v) is 7.34. The number of nitrogens with one attached hydrogen (secondary N) is 1. The van der Waals surface area contributed by atoms with Gasteiger partial charge in [0, 0.05) is 20.9 Å². The Morgan fingerprint density at radius 2 is 1.71 bits per heavy atom. The molecular formula is C18H17Br2NO3. The lowest BCUT2D eigenvalue weighted by Gasteiger charge is -2.18. The van der Waals surface area contributed by atoms with E-state index in [1.165, 1.54) is 0 Å². The van der Waals surface area contributed by atoms with Crippen LogP contribution in [0.25, 0.3) is 0 Å². The zero-order valence-corrected chi connectivity index (χ0v) is 16.3. The van der Waals surface area contributed by atoms with Crippen molar-refractivity contribution in [1.82, 2.24) is 5.32 Å². The number of fused-ring (bicyclic) bond motifs is 1. The van der Waals surface area contributed by atoms with Gasteiger partial charge in [0.15, 0.2) is 11.5 Å². The molecule has 3 rings (SSSR count). The minimum absolute atomic E-state index is 0.117. The quantitative estimate of drug-likeness (QED) is 0.719. The van der Waals surface area contributed by atoms with Crippen LogP contribution in [0, 0.1) is 0 Å². The third-order valence-corrected chi connectivity index (χ3v) is 5.00. The largest absolute Gasteiger partial charge is 0.490 e. The smallest absolute Gasteiger partial charge is 0.251 e. The van der Waals surface area contributed by atoms with E-state index in [1.807, 2.05) is 31.2 Å². The van der Waals surface area contributed by atoms with Gasteiger partial charge in [-0.25, -0.2) is 0 Å². The van der Waals surface area contributed by atoms with Crippen molar-refractivity contribution in [2.24, 2.45) is 0 Å². The van der Waals surface area contributed by atoms with Crippen LogP contribution < -0.4 is 14.8 Å². The minimum atomic E-state index is -0.173. The molecule has 1 heterocycles. The van der Waals surface area contributed by atoms with Gasteiger partial charge in [0.25, 0.3) is 5.91 Å². The summed E-state index contributed by atoms with van der Waals surface area (Å²) in [6.07, 6.45) is 0.859. The zero-order valence-electron chi connectivity index (χ0n) is 13.1. The number of halogens is 2. The SMILES string of the molecule is CC(NC(=O)c1ccc(Br)cc1)c1cc2c(cc1Br)OCCCO2. The molecule has 1 aliphatic rings. The van der Waals surface area contributed by atoms with Crippen LogP contribution in [0.3, 0.4) is 0 Å². The lowest BCUT2D eigenvalue weighted by molar-refractivity contribution is 0.0939. The normalized spacial score (nSPS) is 14.6. The van der Waals surface area contributed by atoms with Crippen molar-refractivity contribution in [1.29, 1.82) is 0 Å². The first-order chi connectivity index (χ1) is 11.5. The third-order valence-electron chi connectivity index (χ3n) is 3.79. The Hall–Kier alpha value is -1.53. The van der Waals surface area contributed by atoms with Crippen molar-refractivity contribution in [2.45, 2.75) is 19.4 Å². The van der Waals surface area contributed by atoms with Gasteiger partial charge < -0.3 is 14.8 Å². The predicted molar refractivity (Wildman–Crippen MR) is 99.8 cm³/mol. The van der Waals surface area contributed by atoms with Crippen LogP contribution in [0.4, 0.5) is 0 Å². The lowest BCUT2D eigenvalue weighted by atomic mass is 10.1. The second-order valence-electron chi connectivity index (χ2n) is 5.57. The average molecular weight is 455 g/mol. The number of rotatable bonds is 3. The molecule has 0 spiro atoms. The van der Waals surface area contributed by atoms with Crippen molar-refractivity contribution in [3.05, 3.63) is 56.5 Å². The Labute approximate surface area is 157 Å². The molecule has 24 heavy (non-hydrogen) atoms. The van der Waals surface area contributed by atoms with E-state index in [4.69, 9.17) is 9.47 Å². The molecule has 1 aliphatic heterocycles. The third kappa shape index (κ3) is 3.92.